The maximum absolute atomic E-state index is 12.8. The lowest BCUT2D eigenvalue weighted by Crippen LogP contribution is -2.28. The molecule has 0 aromatic heterocycles. The summed E-state index contributed by atoms with van der Waals surface area (Å²) in [5.41, 5.74) is 0. The van der Waals surface area contributed by atoms with Gasteiger partial charge in [0.15, 0.2) is 0 Å². The third-order valence-corrected chi connectivity index (χ3v) is 2.35. The Kier molecular flexibility index (Phi) is 2.66. The first-order chi connectivity index (χ1) is 4.77. The Hall–Kier alpha value is -0.110. The van der Waals surface area contributed by atoms with Crippen molar-refractivity contribution in [1.29, 1.82) is 0 Å². The molecule has 2 heteroatoms. The highest BCUT2D eigenvalue weighted by Gasteiger charge is 2.28. The van der Waals surface area contributed by atoms with E-state index >= 15 is 0 Å². The summed E-state index contributed by atoms with van der Waals surface area (Å²) in [5, 5.41) is 0. The zero-order chi connectivity index (χ0) is 7.56. The van der Waals surface area contributed by atoms with Crippen molar-refractivity contribution in [1.82, 2.24) is 4.90 Å². The Balaban J connectivity index is 2.41. The van der Waals surface area contributed by atoms with Crippen LogP contribution in [-0.2, 0) is 0 Å². The Bertz CT molecular complexity index is 93.4. The third kappa shape index (κ3) is 1.48. The topological polar surface area (TPSA) is 3.24 Å². The SMILES string of the molecule is CC[C@@H]1C[C@@H](F)CN1CC. The second-order valence-corrected chi connectivity index (χ2v) is 2.98. The van der Waals surface area contributed by atoms with Gasteiger partial charge in [0.1, 0.15) is 6.17 Å². The first-order valence-corrected chi connectivity index (χ1v) is 4.16. The molecule has 0 N–H and O–H groups in total. The zero-order valence-corrected chi connectivity index (χ0v) is 6.81. The van der Waals surface area contributed by atoms with Crippen LogP contribution >= 0.6 is 0 Å². The highest BCUT2D eigenvalue weighted by atomic mass is 19.1. The van der Waals surface area contributed by atoms with Crippen LogP contribution in [0.2, 0.25) is 0 Å². The number of hydrogen-bond acceptors (Lipinski definition) is 1. The van der Waals surface area contributed by atoms with Crippen molar-refractivity contribution in [3.05, 3.63) is 0 Å². The number of hydrogen-bond donors (Lipinski definition) is 0. The zero-order valence-electron chi connectivity index (χ0n) is 6.81. The normalized spacial score (nSPS) is 35.1. The summed E-state index contributed by atoms with van der Waals surface area (Å²) >= 11 is 0. The van der Waals surface area contributed by atoms with E-state index in [-0.39, 0.29) is 0 Å². The Morgan fingerprint density at radius 3 is 2.60 bits per heavy atom. The largest absolute Gasteiger partial charge is 0.298 e. The van der Waals surface area contributed by atoms with Crippen molar-refractivity contribution in [3.63, 3.8) is 0 Å². The van der Waals surface area contributed by atoms with Gasteiger partial charge < -0.3 is 0 Å². The van der Waals surface area contributed by atoms with Crippen molar-refractivity contribution >= 4 is 0 Å². The average molecular weight is 145 g/mol. The fourth-order valence-electron chi connectivity index (χ4n) is 1.73. The number of rotatable bonds is 2. The lowest BCUT2D eigenvalue weighted by molar-refractivity contribution is 0.251. The lowest BCUT2D eigenvalue weighted by atomic mass is 10.1. The van der Waals surface area contributed by atoms with Crippen molar-refractivity contribution in [2.75, 3.05) is 13.1 Å². The van der Waals surface area contributed by atoms with Gasteiger partial charge in [-0.25, -0.2) is 4.39 Å². The van der Waals surface area contributed by atoms with Crippen molar-refractivity contribution < 1.29 is 4.39 Å². The summed E-state index contributed by atoms with van der Waals surface area (Å²) in [6, 6.07) is 0.514. The van der Waals surface area contributed by atoms with Crippen LogP contribution in [0.15, 0.2) is 0 Å². The van der Waals surface area contributed by atoms with Crippen LogP contribution in [0.1, 0.15) is 26.7 Å². The summed E-state index contributed by atoms with van der Waals surface area (Å²) < 4.78 is 12.8. The van der Waals surface area contributed by atoms with Crippen molar-refractivity contribution in [2.24, 2.45) is 0 Å². The quantitative estimate of drug-likeness (QED) is 0.573. The van der Waals surface area contributed by atoms with Crippen LogP contribution in [0.4, 0.5) is 4.39 Å². The van der Waals surface area contributed by atoms with Crippen LogP contribution in [0, 0.1) is 0 Å². The molecule has 1 aliphatic heterocycles. The second-order valence-electron chi connectivity index (χ2n) is 2.98. The summed E-state index contributed by atoms with van der Waals surface area (Å²) in [4.78, 5) is 2.23. The molecule has 2 atom stereocenters. The molecule has 0 saturated carbocycles. The molecule has 60 valence electrons. The Morgan fingerprint density at radius 2 is 2.20 bits per heavy atom. The third-order valence-electron chi connectivity index (χ3n) is 2.35. The van der Waals surface area contributed by atoms with E-state index in [1.807, 2.05) is 0 Å². The van der Waals surface area contributed by atoms with Gasteiger partial charge in [-0.2, -0.15) is 0 Å². The number of likely N-dealkylation sites (tertiary alicyclic amines) is 1. The molecule has 0 unspecified atom stereocenters. The van der Waals surface area contributed by atoms with Crippen LogP contribution in [0.25, 0.3) is 0 Å². The first kappa shape index (κ1) is 7.99. The predicted octanol–water partition coefficient (Wildman–Crippen LogP) is 1.83. The van der Waals surface area contributed by atoms with Gasteiger partial charge in [0, 0.05) is 12.6 Å². The molecule has 0 aromatic rings. The molecule has 0 spiro atoms. The molecule has 0 aromatic carbocycles. The standard InChI is InChI=1S/C8H16FN/c1-3-8-5-7(9)6-10(8)4-2/h7-8H,3-6H2,1-2H3/t7-,8-/m1/s1. The number of halogens is 1. The molecule has 0 radical (unpaired) electrons. The minimum Gasteiger partial charge on any atom is -0.298 e. The van der Waals surface area contributed by atoms with Gasteiger partial charge in [0.05, 0.1) is 0 Å². The number of alkyl halides is 1. The maximum Gasteiger partial charge on any atom is 0.114 e. The monoisotopic (exact) mass is 145 g/mol. The minimum atomic E-state index is -0.565. The van der Waals surface area contributed by atoms with Crippen LogP contribution in [-0.4, -0.2) is 30.2 Å². The van der Waals surface area contributed by atoms with Gasteiger partial charge >= 0.3 is 0 Å². The highest BCUT2D eigenvalue weighted by molar-refractivity contribution is 4.83. The maximum atomic E-state index is 12.8. The molecule has 1 aliphatic rings. The summed E-state index contributed by atoms with van der Waals surface area (Å²) in [6.45, 7) is 5.89. The van der Waals surface area contributed by atoms with Crippen LogP contribution < -0.4 is 0 Å². The molecule has 0 amide bonds. The van der Waals surface area contributed by atoms with E-state index in [0.717, 1.165) is 19.4 Å². The molecular weight excluding hydrogens is 129 g/mol. The van der Waals surface area contributed by atoms with Crippen LogP contribution in [0.3, 0.4) is 0 Å². The van der Waals surface area contributed by atoms with Gasteiger partial charge in [-0.15, -0.1) is 0 Å². The molecule has 1 rings (SSSR count). The molecule has 0 bridgehead atoms. The van der Waals surface area contributed by atoms with Gasteiger partial charge in [-0.1, -0.05) is 13.8 Å². The molecule has 1 nitrogen and oxygen atoms in total. The van der Waals surface area contributed by atoms with Crippen molar-refractivity contribution in [2.45, 2.75) is 38.9 Å². The summed E-state index contributed by atoms with van der Waals surface area (Å²) in [7, 11) is 0. The first-order valence-electron chi connectivity index (χ1n) is 4.16. The molecule has 0 aliphatic carbocycles. The van der Waals surface area contributed by atoms with E-state index in [2.05, 4.69) is 18.7 Å². The lowest BCUT2D eigenvalue weighted by Gasteiger charge is -2.19. The molecule has 1 fully saturated rings. The Labute approximate surface area is 62.2 Å². The molecule has 1 saturated heterocycles. The van der Waals surface area contributed by atoms with E-state index in [1.54, 1.807) is 0 Å². The van der Waals surface area contributed by atoms with E-state index in [1.165, 1.54) is 0 Å². The smallest absolute Gasteiger partial charge is 0.114 e. The average Bonchev–Trinajstić information content (AvgIpc) is 2.30. The highest BCUT2D eigenvalue weighted by Crippen LogP contribution is 2.21. The van der Waals surface area contributed by atoms with E-state index in [9.17, 15) is 4.39 Å². The second kappa shape index (κ2) is 3.33. The van der Waals surface area contributed by atoms with E-state index < -0.39 is 6.17 Å². The van der Waals surface area contributed by atoms with Crippen LogP contribution in [0.5, 0.6) is 0 Å². The van der Waals surface area contributed by atoms with Gasteiger partial charge in [-0.3, -0.25) is 4.90 Å². The molecule has 10 heavy (non-hydrogen) atoms. The van der Waals surface area contributed by atoms with Crippen molar-refractivity contribution in [3.8, 4) is 0 Å². The predicted molar refractivity (Wildman–Crippen MR) is 40.8 cm³/mol. The fraction of sp³-hybridized carbons (Fsp3) is 1.00. The minimum absolute atomic E-state index is 0.514. The summed E-state index contributed by atoms with van der Waals surface area (Å²) in [6.07, 6.45) is 1.28. The van der Waals surface area contributed by atoms with Gasteiger partial charge in [0.25, 0.3) is 0 Å². The number of nitrogens with zero attached hydrogens (tertiary/aromatic N) is 1. The van der Waals surface area contributed by atoms with Gasteiger partial charge in [0.2, 0.25) is 0 Å². The van der Waals surface area contributed by atoms with E-state index in [0.29, 0.717) is 12.6 Å². The fourth-order valence-corrected chi connectivity index (χ4v) is 1.73. The Morgan fingerprint density at radius 1 is 1.50 bits per heavy atom. The summed E-state index contributed by atoms with van der Waals surface area (Å²) in [5.74, 6) is 0. The van der Waals surface area contributed by atoms with E-state index in [4.69, 9.17) is 0 Å². The molecular formula is C8H16FN. The molecule has 1 heterocycles. The van der Waals surface area contributed by atoms with Gasteiger partial charge in [-0.05, 0) is 19.4 Å².